The van der Waals surface area contributed by atoms with Crippen molar-refractivity contribution >= 4 is 11.7 Å². The van der Waals surface area contributed by atoms with E-state index in [2.05, 4.69) is 19.1 Å². The number of rotatable bonds is 5. The second kappa shape index (κ2) is 8.17. The number of nitrogens with zero attached hydrogens (tertiary/aromatic N) is 4. The summed E-state index contributed by atoms with van der Waals surface area (Å²) in [5, 5.41) is 4.95. The average molecular weight is 414 g/mol. The molecule has 1 unspecified atom stereocenters. The minimum Gasteiger partial charge on any atom is -0.444 e. The predicted molar refractivity (Wildman–Crippen MR) is 117 cm³/mol. The van der Waals surface area contributed by atoms with Crippen LogP contribution in [0.1, 0.15) is 101 Å². The third kappa shape index (κ3) is 4.46. The Morgan fingerprint density at radius 2 is 2.00 bits per heavy atom. The molecule has 7 nitrogen and oxygen atoms in total. The van der Waals surface area contributed by atoms with Gasteiger partial charge in [-0.3, -0.25) is 4.90 Å². The fraction of sp³-hybridized carbons (Fsp3) is 0.696. The molecule has 2 N–H and O–H groups in total. The topological polar surface area (TPSA) is 85.8 Å². The monoisotopic (exact) mass is 413 g/mol. The van der Waals surface area contributed by atoms with Crippen molar-refractivity contribution in [3.63, 3.8) is 0 Å². The summed E-state index contributed by atoms with van der Waals surface area (Å²) < 4.78 is 7.65. The molecule has 2 atom stereocenters. The maximum atomic E-state index is 12.9. The van der Waals surface area contributed by atoms with Crippen molar-refractivity contribution in [2.24, 2.45) is 5.73 Å². The molecule has 1 amide bonds. The quantitative estimate of drug-likeness (QED) is 0.779. The molecule has 2 fully saturated rings. The van der Waals surface area contributed by atoms with Crippen molar-refractivity contribution in [2.45, 2.75) is 89.7 Å². The smallest absolute Gasteiger partial charge is 0.410 e. The number of aromatic nitrogens is 3. The van der Waals surface area contributed by atoms with Crippen LogP contribution in [0.3, 0.4) is 0 Å². The van der Waals surface area contributed by atoms with E-state index in [1.807, 2.05) is 30.2 Å². The number of piperidine rings is 1. The second-order valence-electron chi connectivity index (χ2n) is 9.88. The first kappa shape index (κ1) is 21.1. The van der Waals surface area contributed by atoms with Gasteiger partial charge in [0.2, 0.25) is 0 Å². The number of amides is 1. The van der Waals surface area contributed by atoms with Crippen LogP contribution in [0.2, 0.25) is 0 Å². The first-order valence-corrected chi connectivity index (χ1v) is 11.4. The molecule has 0 radical (unpaired) electrons. The highest BCUT2D eigenvalue weighted by molar-refractivity contribution is 5.69. The zero-order chi connectivity index (χ0) is 21.5. The van der Waals surface area contributed by atoms with Gasteiger partial charge in [0, 0.05) is 29.9 Å². The van der Waals surface area contributed by atoms with Gasteiger partial charge in [0.25, 0.3) is 0 Å². The SMILES string of the molecule is CC(CCN)c1cc(C2CC2)nc2cc([C@@H]3CCCCN3C(=O)OC(C)(C)C)nn12. The molecule has 1 saturated carbocycles. The molecule has 30 heavy (non-hydrogen) atoms. The summed E-state index contributed by atoms with van der Waals surface area (Å²) in [7, 11) is 0. The van der Waals surface area contributed by atoms with E-state index in [1.54, 1.807) is 0 Å². The number of hydrogen-bond donors (Lipinski definition) is 1. The summed E-state index contributed by atoms with van der Waals surface area (Å²) in [5.41, 5.74) is 9.45. The number of carbonyl (C=O) groups excluding carboxylic acids is 1. The van der Waals surface area contributed by atoms with Gasteiger partial charge >= 0.3 is 6.09 Å². The molecule has 7 heteroatoms. The first-order chi connectivity index (χ1) is 14.3. The van der Waals surface area contributed by atoms with Crippen molar-refractivity contribution < 1.29 is 9.53 Å². The van der Waals surface area contributed by atoms with Crippen molar-refractivity contribution in [3.8, 4) is 0 Å². The zero-order valence-corrected chi connectivity index (χ0v) is 18.7. The minimum atomic E-state index is -0.510. The summed E-state index contributed by atoms with van der Waals surface area (Å²) in [4.78, 5) is 19.6. The lowest BCUT2D eigenvalue weighted by molar-refractivity contribution is 0.00897. The van der Waals surface area contributed by atoms with E-state index < -0.39 is 5.60 Å². The van der Waals surface area contributed by atoms with E-state index in [-0.39, 0.29) is 12.1 Å². The number of fused-ring (bicyclic) bond motifs is 1. The second-order valence-corrected chi connectivity index (χ2v) is 9.88. The molecule has 4 rings (SSSR count). The van der Waals surface area contributed by atoms with Gasteiger partial charge in [-0.2, -0.15) is 5.10 Å². The van der Waals surface area contributed by atoms with Crippen LogP contribution >= 0.6 is 0 Å². The molecule has 2 aromatic rings. The van der Waals surface area contributed by atoms with Gasteiger partial charge in [-0.25, -0.2) is 14.3 Å². The minimum absolute atomic E-state index is 0.0719. The van der Waals surface area contributed by atoms with Crippen LogP contribution in [-0.2, 0) is 4.74 Å². The van der Waals surface area contributed by atoms with Crippen molar-refractivity contribution in [1.29, 1.82) is 0 Å². The maximum absolute atomic E-state index is 12.9. The van der Waals surface area contributed by atoms with Gasteiger partial charge in [0.05, 0.1) is 11.7 Å². The van der Waals surface area contributed by atoms with Gasteiger partial charge in [0.15, 0.2) is 5.65 Å². The Morgan fingerprint density at radius 3 is 2.67 bits per heavy atom. The summed E-state index contributed by atoms with van der Waals surface area (Å²) >= 11 is 0. The van der Waals surface area contributed by atoms with E-state index in [0.29, 0.717) is 24.9 Å². The molecular formula is C23H35N5O2. The molecule has 0 bridgehead atoms. The van der Waals surface area contributed by atoms with E-state index >= 15 is 0 Å². The highest BCUT2D eigenvalue weighted by atomic mass is 16.6. The highest BCUT2D eigenvalue weighted by Crippen LogP contribution is 2.40. The Kier molecular flexibility index (Phi) is 5.75. The van der Waals surface area contributed by atoms with Gasteiger partial charge < -0.3 is 10.5 Å². The fourth-order valence-electron chi connectivity index (χ4n) is 4.31. The molecule has 3 heterocycles. The zero-order valence-electron chi connectivity index (χ0n) is 18.7. The molecule has 164 valence electrons. The summed E-state index contributed by atoms with van der Waals surface area (Å²) in [6.07, 6.45) is 6.04. The largest absolute Gasteiger partial charge is 0.444 e. The van der Waals surface area contributed by atoms with Crippen LogP contribution in [0.4, 0.5) is 4.79 Å². The van der Waals surface area contributed by atoms with Gasteiger partial charge in [-0.15, -0.1) is 0 Å². The number of carbonyl (C=O) groups is 1. The first-order valence-electron chi connectivity index (χ1n) is 11.4. The Bertz CT molecular complexity index is 912. The molecule has 1 saturated heterocycles. The van der Waals surface area contributed by atoms with Gasteiger partial charge in [0.1, 0.15) is 5.60 Å². The fourth-order valence-corrected chi connectivity index (χ4v) is 4.31. The number of likely N-dealkylation sites (tertiary alicyclic amines) is 1. The predicted octanol–water partition coefficient (Wildman–Crippen LogP) is 4.52. The Hall–Kier alpha value is -2.15. The summed E-state index contributed by atoms with van der Waals surface area (Å²) in [6, 6.07) is 4.21. The third-order valence-corrected chi connectivity index (χ3v) is 6.07. The van der Waals surface area contributed by atoms with Crippen molar-refractivity contribution in [2.75, 3.05) is 13.1 Å². The Balaban J connectivity index is 1.70. The van der Waals surface area contributed by atoms with Crippen LogP contribution in [0, 0.1) is 0 Å². The normalized spacial score (nSPS) is 21.1. The van der Waals surface area contributed by atoms with Crippen molar-refractivity contribution in [3.05, 3.63) is 29.2 Å². The molecule has 1 aliphatic heterocycles. The van der Waals surface area contributed by atoms with Crippen LogP contribution in [0.15, 0.2) is 12.1 Å². The lowest BCUT2D eigenvalue weighted by Gasteiger charge is -2.35. The van der Waals surface area contributed by atoms with Gasteiger partial charge in [-0.1, -0.05) is 6.92 Å². The lowest BCUT2D eigenvalue weighted by Crippen LogP contribution is -2.42. The van der Waals surface area contributed by atoms with Crippen LogP contribution < -0.4 is 5.73 Å². The van der Waals surface area contributed by atoms with Crippen molar-refractivity contribution in [1.82, 2.24) is 19.5 Å². The van der Waals surface area contributed by atoms with E-state index in [0.717, 1.165) is 37.0 Å². The molecule has 1 aliphatic carbocycles. The van der Waals surface area contributed by atoms with Gasteiger partial charge in [-0.05, 0) is 77.8 Å². The van der Waals surface area contributed by atoms with Crippen LogP contribution in [0.5, 0.6) is 0 Å². The average Bonchev–Trinajstić information content (AvgIpc) is 3.45. The summed E-state index contributed by atoms with van der Waals surface area (Å²) in [6.45, 7) is 9.26. The molecule has 0 spiro atoms. The lowest BCUT2D eigenvalue weighted by atomic mass is 10.00. The number of ether oxygens (including phenoxy) is 1. The number of nitrogens with two attached hydrogens (primary N) is 1. The van der Waals surface area contributed by atoms with Crippen LogP contribution in [-0.4, -0.2) is 44.3 Å². The standard InChI is InChI=1S/C23H35N5O2/c1-15(10-11-24)20-13-17(16-8-9-16)25-21-14-18(26-28(20)21)19-7-5-6-12-27(19)22(29)30-23(2,3)4/h13-16,19H,5-12,24H2,1-4H3/t15?,19-/m0/s1. The molecule has 2 aliphatic rings. The van der Waals surface area contributed by atoms with E-state index in [9.17, 15) is 4.79 Å². The maximum Gasteiger partial charge on any atom is 0.410 e. The van der Waals surface area contributed by atoms with Crippen LogP contribution in [0.25, 0.3) is 5.65 Å². The third-order valence-electron chi connectivity index (χ3n) is 6.07. The van der Waals surface area contributed by atoms with E-state index in [1.165, 1.54) is 24.2 Å². The van der Waals surface area contributed by atoms with E-state index in [4.69, 9.17) is 20.6 Å². The molecular weight excluding hydrogens is 378 g/mol. The molecule has 2 aromatic heterocycles. The Labute approximate surface area is 179 Å². The highest BCUT2D eigenvalue weighted by Gasteiger charge is 2.34. The summed E-state index contributed by atoms with van der Waals surface area (Å²) in [5.74, 6) is 0.879. The molecule has 0 aromatic carbocycles. The number of hydrogen-bond acceptors (Lipinski definition) is 5. The Morgan fingerprint density at radius 1 is 1.23 bits per heavy atom.